The van der Waals surface area contributed by atoms with Crippen LogP contribution in [0.3, 0.4) is 0 Å². The summed E-state index contributed by atoms with van der Waals surface area (Å²) in [5.41, 5.74) is 16.5. The van der Waals surface area contributed by atoms with Crippen molar-refractivity contribution in [3.05, 3.63) is 24.3 Å². The Kier molecular flexibility index (Phi) is 5.82. The van der Waals surface area contributed by atoms with Crippen LogP contribution in [0.25, 0.3) is 0 Å². The highest BCUT2D eigenvalue weighted by molar-refractivity contribution is 5.93. The first-order chi connectivity index (χ1) is 9.47. The number of hydrogen-bond acceptors (Lipinski definition) is 3. The maximum Gasteiger partial charge on any atom is 0.223 e. The Morgan fingerprint density at radius 3 is 2.75 bits per heavy atom. The largest absolute Gasteiger partial charge is 0.492 e. The Morgan fingerprint density at radius 1 is 1.35 bits per heavy atom. The molecule has 0 saturated heterocycles. The van der Waals surface area contributed by atoms with Crippen LogP contribution in [-0.2, 0) is 4.79 Å². The maximum absolute atomic E-state index is 10.7. The van der Waals surface area contributed by atoms with Crippen LogP contribution in [0, 0.1) is 0 Å². The second-order valence-corrected chi connectivity index (χ2v) is 3.84. The van der Waals surface area contributed by atoms with Gasteiger partial charge in [-0.15, -0.1) is 0 Å². The summed E-state index contributed by atoms with van der Waals surface area (Å²) in [6, 6.07) is 6.94. The number of nitrogens with one attached hydrogen (secondary N) is 1. The molecule has 0 saturated carbocycles. The number of ether oxygens (including phenoxy) is 1. The van der Waals surface area contributed by atoms with Crippen molar-refractivity contribution in [2.45, 2.75) is 6.92 Å². The van der Waals surface area contributed by atoms with Gasteiger partial charge >= 0.3 is 0 Å². The lowest BCUT2D eigenvalue weighted by atomic mass is 10.3. The Hall–Kier alpha value is -2.77. The lowest BCUT2D eigenvalue weighted by Gasteiger charge is -2.07. The third-order valence-electron chi connectivity index (χ3n) is 2.05. The standard InChI is InChI=1S/C12H18N6O2/c1-8(19)16-5-6-20-10-4-2-3-9(7-10)17-12(15)18-11(13)14/h2-4,7H,5-6H2,1H3,(H,16,19)(H6,13,14,15,17,18). The van der Waals surface area contributed by atoms with Gasteiger partial charge in [-0.3, -0.25) is 4.79 Å². The van der Waals surface area contributed by atoms with E-state index in [1.54, 1.807) is 24.3 Å². The van der Waals surface area contributed by atoms with E-state index in [0.29, 0.717) is 24.6 Å². The topological polar surface area (TPSA) is 141 Å². The first-order valence-electron chi connectivity index (χ1n) is 5.88. The summed E-state index contributed by atoms with van der Waals surface area (Å²) in [4.78, 5) is 18.3. The van der Waals surface area contributed by atoms with Gasteiger partial charge in [0.2, 0.25) is 11.9 Å². The molecule has 8 heteroatoms. The zero-order valence-electron chi connectivity index (χ0n) is 11.2. The van der Waals surface area contributed by atoms with E-state index in [9.17, 15) is 4.79 Å². The van der Waals surface area contributed by atoms with Gasteiger partial charge in [0.15, 0.2) is 5.96 Å². The van der Waals surface area contributed by atoms with Crippen LogP contribution >= 0.6 is 0 Å². The molecule has 1 rings (SSSR count). The van der Waals surface area contributed by atoms with Crippen LogP contribution in [-0.4, -0.2) is 31.0 Å². The second-order valence-electron chi connectivity index (χ2n) is 3.84. The molecule has 0 unspecified atom stereocenters. The molecule has 0 atom stereocenters. The van der Waals surface area contributed by atoms with Gasteiger partial charge in [-0.05, 0) is 12.1 Å². The molecular weight excluding hydrogens is 260 g/mol. The molecule has 0 aliphatic rings. The minimum absolute atomic E-state index is 0.0413. The minimum Gasteiger partial charge on any atom is -0.492 e. The smallest absolute Gasteiger partial charge is 0.223 e. The van der Waals surface area contributed by atoms with Gasteiger partial charge in [0.25, 0.3) is 0 Å². The quantitative estimate of drug-likeness (QED) is 0.324. The SMILES string of the molecule is CC(=O)NCCOc1cccc(N=C(N)N=C(N)N)c1. The summed E-state index contributed by atoms with van der Waals surface area (Å²) >= 11 is 0. The Morgan fingerprint density at radius 2 is 2.10 bits per heavy atom. The predicted octanol–water partition coefficient (Wildman–Crippen LogP) is -0.579. The molecule has 8 nitrogen and oxygen atoms in total. The molecule has 0 aromatic heterocycles. The van der Waals surface area contributed by atoms with E-state index >= 15 is 0 Å². The van der Waals surface area contributed by atoms with Gasteiger partial charge in [0.05, 0.1) is 12.2 Å². The normalized spacial score (nSPS) is 10.8. The van der Waals surface area contributed by atoms with E-state index in [2.05, 4.69) is 15.3 Å². The van der Waals surface area contributed by atoms with Gasteiger partial charge < -0.3 is 27.3 Å². The number of nitrogens with two attached hydrogens (primary N) is 3. The summed E-state index contributed by atoms with van der Waals surface area (Å²) in [5, 5.41) is 2.63. The van der Waals surface area contributed by atoms with E-state index in [-0.39, 0.29) is 17.8 Å². The number of guanidine groups is 2. The highest BCUT2D eigenvalue weighted by Crippen LogP contribution is 2.19. The number of benzene rings is 1. The van der Waals surface area contributed by atoms with Gasteiger partial charge in [-0.2, -0.15) is 4.99 Å². The number of nitrogens with zero attached hydrogens (tertiary/aromatic N) is 2. The third-order valence-corrected chi connectivity index (χ3v) is 2.05. The molecular formula is C12H18N6O2. The van der Waals surface area contributed by atoms with E-state index in [4.69, 9.17) is 21.9 Å². The van der Waals surface area contributed by atoms with Crippen molar-refractivity contribution in [3.8, 4) is 5.75 Å². The molecule has 108 valence electrons. The van der Waals surface area contributed by atoms with Crippen LogP contribution < -0.4 is 27.3 Å². The first-order valence-corrected chi connectivity index (χ1v) is 5.88. The molecule has 0 heterocycles. The van der Waals surface area contributed by atoms with Crippen molar-refractivity contribution in [2.75, 3.05) is 13.2 Å². The molecule has 0 fully saturated rings. The van der Waals surface area contributed by atoms with Crippen LogP contribution in [0.5, 0.6) is 5.75 Å². The number of rotatable bonds is 5. The van der Waals surface area contributed by atoms with Crippen molar-refractivity contribution in [1.82, 2.24) is 5.32 Å². The summed E-state index contributed by atoms with van der Waals surface area (Å²) in [5.74, 6) is 0.306. The van der Waals surface area contributed by atoms with Crippen LogP contribution in [0.4, 0.5) is 5.69 Å². The zero-order chi connectivity index (χ0) is 15.0. The van der Waals surface area contributed by atoms with Crippen molar-refractivity contribution in [2.24, 2.45) is 27.2 Å². The van der Waals surface area contributed by atoms with Gasteiger partial charge in [0.1, 0.15) is 12.4 Å². The molecule has 20 heavy (non-hydrogen) atoms. The third kappa shape index (κ3) is 6.24. The summed E-state index contributed by atoms with van der Waals surface area (Å²) in [6.45, 7) is 2.23. The molecule has 0 aliphatic carbocycles. The number of hydrogen-bond donors (Lipinski definition) is 4. The summed E-state index contributed by atoms with van der Waals surface area (Å²) in [7, 11) is 0. The lowest BCUT2D eigenvalue weighted by molar-refractivity contribution is -0.119. The second kappa shape index (κ2) is 7.62. The van der Waals surface area contributed by atoms with E-state index < -0.39 is 0 Å². The van der Waals surface area contributed by atoms with Crippen molar-refractivity contribution < 1.29 is 9.53 Å². The highest BCUT2D eigenvalue weighted by Gasteiger charge is 1.98. The minimum atomic E-state index is -0.158. The van der Waals surface area contributed by atoms with Crippen molar-refractivity contribution >= 4 is 23.5 Å². The lowest BCUT2D eigenvalue weighted by Crippen LogP contribution is -2.26. The van der Waals surface area contributed by atoms with Crippen molar-refractivity contribution in [1.29, 1.82) is 0 Å². The number of carbonyl (C=O) groups excluding carboxylic acids is 1. The van der Waals surface area contributed by atoms with Crippen LogP contribution in [0.15, 0.2) is 34.3 Å². The molecule has 1 amide bonds. The monoisotopic (exact) mass is 278 g/mol. The Labute approximate surface area is 116 Å². The van der Waals surface area contributed by atoms with Gasteiger partial charge in [-0.25, -0.2) is 4.99 Å². The van der Waals surface area contributed by atoms with Gasteiger partial charge in [-0.1, -0.05) is 6.07 Å². The zero-order valence-corrected chi connectivity index (χ0v) is 11.2. The highest BCUT2D eigenvalue weighted by atomic mass is 16.5. The average molecular weight is 278 g/mol. The van der Waals surface area contributed by atoms with E-state index in [0.717, 1.165) is 0 Å². The summed E-state index contributed by atoms with van der Waals surface area (Å²) < 4.78 is 5.45. The van der Waals surface area contributed by atoms with Crippen molar-refractivity contribution in [3.63, 3.8) is 0 Å². The summed E-state index contributed by atoms with van der Waals surface area (Å²) in [6.07, 6.45) is 0. The van der Waals surface area contributed by atoms with E-state index in [1.165, 1.54) is 6.92 Å². The number of carbonyl (C=O) groups is 1. The number of aliphatic imine (C=N–C) groups is 2. The van der Waals surface area contributed by atoms with E-state index in [1.807, 2.05) is 0 Å². The molecule has 1 aromatic carbocycles. The molecule has 0 radical (unpaired) electrons. The fourth-order valence-electron chi connectivity index (χ4n) is 1.33. The number of amides is 1. The average Bonchev–Trinajstić information content (AvgIpc) is 2.33. The molecule has 1 aromatic rings. The predicted molar refractivity (Wildman–Crippen MR) is 77.7 cm³/mol. The molecule has 0 bridgehead atoms. The fourth-order valence-corrected chi connectivity index (χ4v) is 1.33. The molecule has 0 aliphatic heterocycles. The Bertz CT molecular complexity index is 522. The van der Waals surface area contributed by atoms with Crippen LogP contribution in [0.2, 0.25) is 0 Å². The molecule has 0 spiro atoms. The first kappa shape index (κ1) is 15.3. The van der Waals surface area contributed by atoms with Gasteiger partial charge in [0, 0.05) is 13.0 Å². The van der Waals surface area contributed by atoms with Crippen LogP contribution in [0.1, 0.15) is 6.92 Å². The maximum atomic E-state index is 10.7. The Balaban J connectivity index is 2.62. The molecule has 7 N–H and O–H groups in total. The fraction of sp³-hybridized carbons (Fsp3) is 0.250.